The number of nitrogens with two attached hydrogens (primary N) is 1. The van der Waals surface area contributed by atoms with E-state index in [4.69, 9.17) is 10.7 Å². The van der Waals surface area contributed by atoms with Crippen LogP contribution in [0.2, 0.25) is 0 Å². The number of carbonyl (C=O) groups is 1. The molecule has 4 aliphatic rings. The minimum atomic E-state index is -1.21. The summed E-state index contributed by atoms with van der Waals surface area (Å²) in [6, 6.07) is 12.3. The standard InChI is InChI=1S/C30H29FN6O/c1-2-29(31)14-30(32,15-29)28-33-12-18(13-34-28)17-8-9-21-23(10-17)37-24-11-22(26(37)35-21)36-27(38)20-5-3-4-19(25(20)24)16-6-7-16/h3-5,8-10,12-13,16,22,24H,2,6-7,11,14-15,32H2,1H3,(H,36,38)/t22-,24-,29?,30?/m1/s1. The lowest BCUT2D eigenvalue weighted by Crippen LogP contribution is -2.58. The smallest absolute Gasteiger partial charge is 0.252 e. The van der Waals surface area contributed by atoms with Crippen molar-refractivity contribution in [1.29, 1.82) is 0 Å². The Labute approximate surface area is 219 Å². The number of benzene rings is 2. The quantitative estimate of drug-likeness (QED) is 0.394. The molecule has 8 heteroatoms. The van der Waals surface area contributed by atoms with Gasteiger partial charge in [-0.15, -0.1) is 0 Å². The zero-order valence-corrected chi connectivity index (χ0v) is 21.2. The summed E-state index contributed by atoms with van der Waals surface area (Å²) in [7, 11) is 0. The molecule has 192 valence electrons. The highest BCUT2D eigenvalue weighted by atomic mass is 19.1. The zero-order valence-electron chi connectivity index (χ0n) is 21.2. The lowest BCUT2D eigenvalue weighted by molar-refractivity contribution is -0.0227. The molecule has 0 unspecified atom stereocenters. The van der Waals surface area contributed by atoms with Gasteiger partial charge < -0.3 is 15.6 Å². The third-order valence-corrected chi connectivity index (χ3v) is 9.17. The minimum Gasteiger partial charge on any atom is -0.342 e. The van der Waals surface area contributed by atoms with Crippen molar-refractivity contribution in [1.82, 2.24) is 24.8 Å². The fourth-order valence-corrected chi connectivity index (χ4v) is 7.03. The predicted molar refractivity (Wildman–Crippen MR) is 141 cm³/mol. The maximum absolute atomic E-state index is 14.5. The summed E-state index contributed by atoms with van der Waals surface area (Å²) in [5.41, 5.74) is 11.5. The average molecular weight is 509 g/mol. The molecule has 2 fully saturated rings. The fourth-order valence-electron chi connectivity index (χ4n) is 7.03. The van der Waals surface area contributed by atoms with Crippen LogP contribution in [-0.4, -0.2) is 31.1 Å². The van der Waals surface area contributed by atoms with Crippen molar-refractivity contribution in [3.63, 3.8) is 0 Å². The van der Waals surface area contributed by atoms with Crippen LogP contribution in [0.5, 0.6) is 0 Å². The van der Waals surface area contributed by atoms with E-state index in [1.807, 2.05) is 31.2 Å². The molecule has 3 N–H and O–H groups in total. The molecule has 2 aromatic heterocycles. The van der Waals surface area contributed by atoms with Crippen molar-refractivity contribution in [2.45, 2.75) is 74.7 Å². The number of nitrogens with zero attached hydrogens (tertiary/aromatic N) is 4. The van der Waals surface area contributed by atoms with Crippen LogP contribution in [0.3, 0.4) is 0 Å². The number of fused-ring (bicyclic) bond motifs is 9. The Morgan fingerprint density at radius 2 is 1.92 bits per heavy atom. The predicted octanol–water partition coefficient (Wildman–Crippen LogP) is 5.21. The topological polar surface area (TPSA) is 98.7 Å². The van der Waals surface area contributed by atoms with Crippen LogP contribution in [0.4, 0.5) is 4.39 Å². The third-order valence-electron chi connectivity index (χ3n) is 9.17. The summed E-state index contributed by atoms with van der Waals surface area (Å²) in [4.78, 5) is 27.2. The van der Waals surface area contributed by atoms with Crippen LogP contribution in [0.1, 0.15) is 96.6 Å². The molecule has 1 amide bonds. The maximum atomic E-state index is 14.5. The molecule has 0 saturated heterocycles. The highest BCUT2D eigenvalue weighted by Gasteiger charge is 2.54. The molecule has 2 saturated carbocycles. The van der Waals surface area contributed by atoms with Gasteiger partial charge in [0, 0.05) is 36.4 Å². The Kier molecular flexibility index (Phi) is 4.39. The highest BCUT2D eigenvalue weighted by Crippen LogP contribution is 2.51. The van der Waals surface area contributed by atoms with E-state index in [0.717, 1.165) is 45.5 Å². The van der Waals surface area contributed by atoms with Crippen LogP contribution < -0.4 is 11.1 Å². The Morgan fingerprint density at radius 3 is 2.66 bits per heavy atom. The molecular formula is C30H29FN6O. The second-order valence-electron chi connectivity index (χ2n) is 11.7. The Bertz CT molecular complexity index is 1630. The Balaban J connectivity index is 1.20. The summed E-state index contributed by atoms with van der Waals surface area (Å²) in [6.07, 6.45) is 7.72. The molecular weight excluding hydrogens is 479 g/mol. The maximum Gasteiger partial charge on any atom is 0.252 e. The number of halogens is 1. The first-order valence-electron chi connectivity index (χ1n) is 13.6. The van der Waals surface area contributed by atoms with E-state index >= 15 is 0 Å². The molecule has 2 aromatic carbocycles. The minimum absolute atomic E-state index is 0.000638. The SMILES string of the molecule is CCC1(F)CC(N)(c2ncc(-c3ccc4nc5n(c4c3)[C@@H]3C[C@H]5NC(=O)c4cccc(C5CC5)c43)cn2)C1. The van der Waals surface area contributed by atoms with E-state index < -0.39 is 11.2 Å². The van der Waals surface area contributed by atoms with Crippen molar-refractivity contribution in [3.8, 4) is 11.1 Å². The van der Waals surface area contributed by atoms with E-state index in [1.165, 1.54) is 18.4 Å². The van der Waals surface area contributed by atoms with Crippen LogP contribution in [-0.2, 0) is 5.54 Å². The molecule has 4 aromatic rings. The number of nitrogens with one attached hydrogen (secondary N) is 1. The van der Waals surface area contributed by atoms with Gasteiger partial charge in [-0.3, -0.25) is 4.79 Å². The number of alkyl halides is 1. The third kappa shape index (κ3) is 3.10. The molecule has 0 radical (unpaired) electrons. The number of amides is 1. The lowest BCUT2D eigenvalue weighted by atomic mass is 9.65. The lowest BCUT2D eigenvalue weighted by Gasteiger charge is -2.47. The summed E-state index contributed by atoms with van der Waals surface area (Å²) in [6.45, 7) is 1.85. The molecule has 2 aliphatic heterocycles. The average Bonchev–Trinajstić information content (AvgIpc) is 3.64. The molecule has 4 heterocycles. The van der Waals surface area contributed by atoms with Crippen molar-refractivity contribution in [2.75, 3.05) is 0 Å². The molecule has 0 spiro atoms. The Hall–Kier alpha value is -3.65. The van der Waals surface area contributed by atoms with Crippen LogP contribution in [0.25, 0.3) is 22.2 Å². The molecule has 8 rings (SSSR count). The van der Waals surface area contributed by atoms with Gasteiger partial charge in [0.1, 0.15) is 17.3 Å². The molecule has 38 heavy (non-hydrogen) atoms. The number of hydrogen-bond acceptors (Lipinski definition) is 5. The molecule has 7 nitrogen and oxygen atoms in total. The number of imidazole rings is 1. The highest BCUT2D eigenvalue weighted by molar-refractivity contribution is 5.97. The van der Waals surface area contributed by atoms with Gasteiger partial charge >= 0.3 is 0 Å². The fraction of sp³-hybridized carbons (Fsp3) is 0.400. The van der Waals surface area contributed by atoms with E-state index in [2.05, 4.69) is 32.0 Å². The van der Waals surface area contributed by atoms with Crippen LogP contribution in [0, 0.1) is 0 Å². The van der Waals surface area contributed by atoms with Gasteiger partial charge in [-0.25, -0.2) is 19.3 Å². The molecule has 2 atom stereocenters. The summed E-state index contributed by atoms with van der Waals surface area (Å²) in [5, 5.41) is 3.24. The van der Waals surface area contributed by atoms with Crippen molar-refractivity contribution >= 4 is 16.9 Å². The number of rotatable bonds is 4. The van der Waals surface area contributed by atoms with Crippen LogP contribution >= 0.6 is 0 Å². The first-order chi connectivity index (χ1) is 18.4. The van der Waals surface area contributed by atoms with Gasteiger partial charge in [-0.1, -0.05) is 25.1 Å². The van der Waals surface area contributed by atoms with Gasteiger partial charge in [0.2, 0.25) is 0 Å². The largest absolute Gasteiger partial charge is 0.342 e. The Morgan fingerprint density at radius 1 is 1.13 bits per heavy atom. The second-order valence-corrected chi connectivity index (χ2v) is 11.7. The molecule has 2 bridgehead atoms. The molecule has 2 aliphatic carbocycles. The van der Waals surface area contributed by atoms with Crippen LogP contribution in [0.15, 0.2) is 48.8 Å². The van der Waals surface area contributed by atoms with Crippen molar-refractivity contribution < 1.29 is 9.18 Å². The van der Waals surface area contributed by atoms with Gasteiger partial charge in [-0.2, -0.15) is 0 Å². The zero-order chi connectivity index (χ0) is 25.8. The second kappa shape index (κ2) is 7.47. The number of hydrogen-bond donors (Lipinski definition) is 2. The van der Waals surface area contributed by atoms with Gasteiger partial charge in [0.15, 0.2) is 0 Å². The summed E-state index contributed by atoms with van der Waals surface area (Å²) >= 11 is 0. The van der Waals surface area contributed by atoms with Crippen molar-refractivity contribution in [3.05, 3.63) is 77.1 Å². The van der Waals surface area contributed by atoms with E-state index in [1.54, 1.807) is 12.4 Å². The van der Waals surface area contributed by atoms with Gasteiger partial charge in [-0.05, 0) is 66.5 Å². The summed E-state index contributed by atoms with van der Waals surface area (Å²) < 4.78 is 16.9. The van der Waals surface area contributed by atoms with Gasteiger partial charge in [0.05, 0.1) is 28.7 Å². The number of carbonyl (C=O) groups excluding carboxylic acids is 1. The normalized spacial score (nSPS) is 29.4. The van der Waals surface area contributed by atoms with E-state index in [0.29, 0.717) is 18.2 Å². The number of aromatic nitrogens is 4. The van der Waals surface area contributed by atoms with Gasteiger partial charge in [0.25, 0.3) is 5.91 Å². The summed E-state index contributed by atoms with van der Waals surface area (Å²) in [5.74, 6) is 1.96. The van der Waals surface area contributed by atoms with E-state index in [-0.39, 0.29) is 30.8 Å². The first kappa shape index (κ1) is 22.3. The first-order valence-corrected chi connectivity index (χ1v) is 13.6. The van der Waals surface area contributed by atoms with E-state index in [9.17, 15) is 9.18 Å². The van der Waals surface area contributed by atoms with Crippen molar-refractivity contribution in [2.24, 2.45) is 5.73 Å². The monoisotopic (exact) mass is 508 g/mol.